The van der Waals surface area contributed by atoms with Crippen molar-refractivity contribution in [3.05, 3.63) is 52.8 Å². The van der Waals surface area contributed by atoms with Crippen LogP contribution in [-0.2, 0) is 27.3 Å². The number of benzene rings is 2. The molecule has 0 saturated carbocycles. The topological polar surface area (TPSA) is 69.9 Å². The second-order valence-corrected chi connectivity index (χ2v) is 8.03. The van der Waals surface area contributed by atoms with Crippen molar-refractivity contribution < 1.29 is 19.1 Å². The molecule has 0 spiro atoms. The van der Waals surface area contributed by atoms with Gasteiger partial charge in [0.1, 0.15) is 12.3 Å². The number of esters is 1. The van der Waals surface area contributed by atoms with Gasteiger partial charge in [-0.15, -0.1) is 11.8 Å². The van der Waals surface area contributed by atoms with Gasteiger partial charge in [0.2, 0.25) is 0 Å². The standard InChI is InChI=1S/C21H22N2O4S2/c1-4-27-20(25)13-23-17-10-9-16(28-3)12-18(17)29-21(23)22-19(24)11-14-5-7-15(26-2)8-6-14/h5-10,12H,4,11,13H2,1-3H3. The van der Waals surface area contributed by atoms with Crippen molar-refractivity contribution >= 4 is 45.2 Å². The summed E-state index contributed by atoms with van der Waals surface area (Å²) in [4.78, 5) is 30.6. The summed E-state index contributed by atoms with van der Waals surface area (Å²) in [6.07, 6.45) is 2.18. The zero-order valence-corrected chi connectivity index (χ0v) is 18.1. The van der Waals surface area contributed by atoms with Crippen LogP contribution in [0.3, 0.4) is 0 Å². The molecule has 0 fully saturated rings. The van der Waals surface area contributed by atoms with E-state index < -0.39 is 0 Å². The van der Waals surface area contributed by atoms with Gasteiger partial charge in [-0.25, -0.2) is 0 Å². The van der Waals surface area contributed by atoms with Crippen molar-refractivity contribution in [1.82, 2.24) is 4.57 Å². The summed E-state index contributed by atoms with van der Waals surface area (Å²) in [5, 5.41) is 0. The van der Waals surface area contributed by atoms with Gasteiger partial charge >= 0.3 is 5.97 Å². The fraction of sp³-hybridized carbons (Fsp3) is 0.286. The van der Waals surface area contributed by atoms with Crippen LogP contribution in [0.25, 0.3) is 10.2 Å². The molecular formula is C21H22N2O4S2. The Morgan fingerprint density at radius 3 is 2.59 bits per heavy atom. The summed E-state index contributed by atoms with van der Waals surface area (Å²) in [7, 11) is 1.60. The van der Waals surface area contributed by atoms with Crippen molar-refractivity contribution in [2.45, 2.75) is 24.8 Å². The van der Waals surface area contributed by atoms with E-state index in [1.54, 1.807) is 30.4 Å². The Bertz CT molecular complexity index is 1080. The van der Waals surface area contributed by atoms with E-state index in [9.17, 15) is 9.59 Å². The second kappa shape index (κ2) is 9.76. The first-order valence-corrected chi connectivity index (χ1v) is 11.1. The maximum absolute atomic E-state index is 12.6. The monoisotopic (exact) mass is 430 g/mol. The highest BCUT2D eigenvalue weighted by molar-refractivity contribution is 7.98. The van der Waals surface area contributed by atoms with Gasteiger partial charge in [-0.2, -0.15) is 4.99 Å². The van der Waals surface area contributed by atoms with Crippen LogP contribution < -0.4 is 9.54 Å². The normalized spacial score (nSPS) is 11.6. The van der Waals surface area contributed by atoms with Crippen molar-refractivity contribution in [2.24, 2.45) is 4.99 Å². The highest BCUT2D eigenvalue weighted by atomic mass is 32.2. The minimum atomic E-state index is -0.356. The maximum atomic E-state index is 12.6. The van der Waals surface area contributed by atoms with E-state index in [4.69, 9.17) is 9.47 Å². The lowest BCUT2D eigenvalue weighted by atomic mass is 10.1. The molecule has 8 heteroatoms. The third-order valence-electron chi connectivity index (χ3n) is 4.22. The van der Waals surface area contributed by atoms with E-state index in [2.05, 4.69) is 4.99 Å². The van der Waals surface area contributed by atoms with Gasteiger partial charge < -0.3 is 14.0 Å². The Morgan fingerprint density at radius 2 is 1.93 bits per heavy atom. The maximum Gasteiger partial charge on any atom is 0.326 e. The van der Waals surface area contributed by atoms with Crippen LogP contribution in [0.1, 0.15) is 12.5 Å². The molecule has 0 aliphatic rings. The molecule has 0 unspecified atom stereocenters. The lowest BCUT2D eigenvalue weighted by Crippen LogP contribution is -2.23. The number of thiazole rings is 1. The minimum absolute atomic E-state index is 0.0150. The Kier molecular flexibility index (Phi) is 7.11. The summed E-state index contributed by atoms with van der Waals surface area (Å²) in [5.41, 5.74) is 1.71. The molecule has 0 aliphatic carbocycles. The SMILES string of the molecule is CCOC(=O)Cn1c(=NC(=O)Cc2ccc(OC)cc2)sc2cc(SC)ccc21. The van der Waals surface area contributed by atoms with Crippen LogP contribution in [0, 0.1) is 0 Å². The summed E-state index contributed by atoms with van der Waals surface area (Å²) in [6, 6.07) is 13.3. The molecule has 0 N–H and O–H groups in total. The number of thioether (sulfide) groups is 1. The van der Waals surface area contributed by atoms with Crippen LogP contribution in [0.15, 0.2) is 52.4 Å². The number of hydrogen-bond donors (Lipinski definition) is 0. The van der Waals surface area contributed by atoms with Gasteiger partial charge in [0.25, 0.3) is 5.91 Å². The molecule has 29 heavy (non-hydrogen) atoms. The zero-order chi connectivity index (χ0) is 20.8. The molecule has 1 heterocycles. The van der Waals surface area contributed by atoms with E-state index in [-0.39, 0.29) is 24.8 Å². The highest BCUT2D eigenvalue weighted by Crippen LogP contribution is 2.24. The van der Waals surface area contributed by atoms with Crippen molar-refractivity contribution in [3.8, 4) is 5.75 Å². The van der Waals surface area contributed by atoms with Gasteiger partial charge in [-0.1, -0.05) is 23.5 Å². The zero-order valence-electron chi connectivity index (χ0n) is 16.5. The van der Waals surface area contributed by atoms with E-state index in [0.717, 1.165) is 26.4 Å². The molecule has 0 bridgehead atoms. The molecule has 0 aliphatic heterocycles. The molecule has 0 radical (unpaired) electrons. The fourth-order valence-corrected chi connectivity index (χ4v) is 4.42. The smallest absolute Gasteiger partial charge is 0.326 e. The van der Waals surface area contributed by atoms with Gasteiger partial charge in [0, 0.05) is 4.90 Å². The number of ether oxygens (including phenoxy) is 2. The van der Waals surface area contributed by atoms with E-state index in [1.807, 2.05) is 48.7 Å². The molecule has 6 nitrogen and oxygen atoms in total. The van der Waals surface area contributed by atoms with Crippen molar-refractivity contribution in [3.63, 3.8) is 0 Å². The number of rotatable bonds is 7. The average molecular weight is 431 g/mol. The Labute approximate surface area is 177 Å². The first-order chi connectivity index (χ1) is 14.0. The highest BCUT2D eigenvalue weighted by Gasteiger charge is 2.13. The van der Waals surface area contributed by atoms with Crippen LogP contribution in [0.2, 0.25) is 0 Å². The Hall–Kier alpha value is -2.58. The molecule has 0 atom stereocenters. The number of carbonyl (C=O) groups excluding carboxylic acids is 2. The molecule has 1 aromatic heterocycles. The van der Waals surface area contributed by atoms with E-state index in [0.29, 0.717) is 11.4 Å². The molecule has 1 amide bonds. The molecule has 2 aromatic carbocycles. The summed E-state index contributed by atoms with van der Waals surface area (Å²) in [6.45, 7) is 2.09. The number of methoxy groups -OCH3 is 1. The van der Waals surface area contributed by atoms with Gasteiger partial charge in [-0.3, -0.25) is 9.59 Å². The lowest BCUT2D eigenvalue weighted by Gasteiger charge is -2.05. The molecule has 3 rings (SSSR count). The first kappa shape index (κ1) is 21.1. The summed E-state index contributed by atoms with van der Waals surface area (Å²) in [5.74, 6) is 0.106. The first-order valence-electron chi connectivity index (χ1n) is 9.07. The van der Waals surface area contributed by atoms with Crippen LogP contribution in [0.5, 0.6) is 5.75 Å². The summed E-state index contributed by atoms with van der Waals surface area (Å²) >= 11 is 3.03. The number of carbonyl (C=O) groups is 2. The fourth-order valence-electron chi connectivity index (χ4n) is 2.82. The van der Waals surface area contributed by atoms with E-state index >= 15 is 0 Å². The Morgan fingerprint density at radius 1 is 1.17 bits per heavy atom. The third kappa shape index (κ3) is 5.27. The predicted molar refractivity (Wildman–Crippen MR) is 115 cm³/mol. The van der Waals surface area contributed by atoms with Gasteiger partial charge in [0.15, 0.2) is 4.80 Å². The van der Waals surface area contributed by atoms with Crippen molar-refractivity contribution in [1.29, 1.82) is 0 Å². The molecule has 152 valence electrons. The third-order valence-corrected chi connectivity index (χ3v) is 5.98. The number of aromatic nitrogens is 1. The second-order valence-electron chi connectivity index (χ2n) is 6.14. The molecular weight excluding hydrogens is 408 g/mol. The largest absolute Gasteiger partial charge is 0.497 e. The molecule has 0 saturated heterocycles. The number of fused-ring (bicyclic) bond motifs is 1. The number of nitrogens with zero attached hydrogens (tertiary/aromatic N) is 2. The number of hydrogen-bond acceptors (Lipinski definition) is 6. The van der Waals surface area contributed by atoms with Gasteiger partial charge in [-0.05, 0) is 49.1 Å². The number of amides is 1. The van der Waals surface area contributed by atoms with Crippen LogP contribution in [-0.4, -0.2) is 36.4 Å². The van der Waals surface area contributed by atoms with E-state index in [1.165, 1.54) is 11.3 Å². The lowest BCUT2D eigenvalue weighted by molar-refractivity contribution is -0.143. The van der Waals surface area contributed by atoms with Crippen molar-refractivity contribution in [2.75, 3.05) is 20.0 Å². The minimum Gasteiger partial charge on any atom is -0.497 e. The molecule has 3 aromatic rings. The summed E-state index contributed by atoms with van der Waals surface area (Å²) < 4.78 is 12.9. The predicted octanol–water partition coefficient (Wildman–Crippen LogP) is 3.67. The average Bonchev–Trinajstić information content (AvgIpc) is 3.04. The Balaban J connectivity index is 1.96. The van der Waals surface area contributed by atoms with Crippen LogP contribution in [0.4, 0.5) is 0 Å². The van der Waals surface area contributed by atoms with Gasteiger partial charge in [0.05, 0.1) is 30.4 Å². The quantitative estimate of drug-likeness (QED) is 0.423. The van der Waals surface area contributed by atoms with Crippen LogP contribution >= 0.6 is 23.1 Å².